The molecule has 0 atom stereocenters. The minimum absolute atomic E-state index is 0.217. The molecular formula is C18H17F3N2O. The van der Waals surface area contributed by atoms with Crippen molar-refractivity contribution in [2.75, 3.05) is 26.2 Å². The summed E-state index contributed by atoms with van der Waals surface area (Å²) in [7, 11) is 0. The summed E-state index contributed by atoms with van der Waals surface area (Å²) >= 11 is 0. The molecule has 0 unspecified atom stereocenters. The van der Waals surface area contributed by atoms with E-state index in [0.29, 0.717) is 43.9 Å². The average molecular weight is 334 g/mol. The van der Waals surface area contributed by atoms with E-state index < -0.39 is 17.5 Å². The zero-order chi connectivity index (χ0) is 17.1. The summed E-state index contributed by atoms with van der Waals surface area (Å²) in [5.74, 6) is -2.34. The fourth-order valence-electron chi connectivity index (χ4n) is 2.82. The first-order valence-electron chi connectivity index (χ1n) is 7.74. The van der Waals surface area contributed by atoms with Crippen LogP contribution in [-0.4, -0.2) is 41.9 Å². The maximum Gasteiger partial charge on any atom is 0.254 e. The number of carbonyl (C=O) groups excluding carboxylic acids is 1. The van der Waals surface area contributed by atoms with Gasteiger partial charge in [-0.3, -0.25) is 9.69 Å². The molecule has 1 aliphatic rings. The van der Waals surface area contributed by atoms with Crippen molar-refractivity contribution in [3.05, 3.63) is 71.0 Å². The minimum atomic E-state index is -0.854. The van der Waals surface area contributed by atoms with Crippen LogP contribution >= 0.6 is 0 Å². The third-order valence-electron chi connectivity index (χ3n) is 4.16. The molecule has 0 spiro atoms. The fourth-order valence-corrected chi connectivity index (χ4v) is 2.82. The number of piperazine rings is 1. The number of carbonyl (C=O) groups is 1. The van der Waals surface area contributed by atoms with Crippen molar-refractivity contribution >= 4 is 5.91 Å². The first kappa shape index (κ1) is 16.5. The second-order valence-electron chi connectivity index (χ2n) is 5.79. The highest BCUT2D eigenvalue weighted by molar-refractivity contribution is 5.94. The fraction of sp³-hybridized carbons (Fsp3) is 0.278. The van der Waals surface area contributed by atoms with Crippen molar-refractivity contribution in [3.8, 4) is 0 Å². The molecule has 2 aromatic carbocycles. The van der Waals surface area contributed by atoms with Crippen molar-refractivity contribution in [2.24, 2.45) is 0 Å². The molecule has 0 aromatic heterocycles. The van der Waals surface area contributed by atoms with E-state index in [-0.39, 0.29) is 5.91 Å². The van der Waals surface area contributed by atoms with Gasteiger partial charge in [-0.15, -0.1) is 0 Å². The first-order valence-corrected chi connectivity index (χ1v) is 7.74. The smallest absolute Gasteiger partial charge is 0.254 e. The highest BCUT2D eigenvalue weighted by Gasteiger charge is 2.23. The quantitative estimate of drug-likeness (QED) is 0.861. The lowest BCUT2D eigenvalue weighted by Crippen LogP contribution is -2.48. The van der Waals surface area contributed by atoms with Crippen molar-refractivity contribution in [1.82, 2.24) is 9.80 Å². The van der Waals surface area contributed by atoms with Crippen molar-refractivity contribution in [2.45, 2.75) is 6.54 Å². The summed E-state index contributed by atoms with van der Waals surface area (Å²) < 4.78 is 40.2. The molecule has 0 saturated carbocycles. The summed E-state index contributed by atoms with van der Waals surface area (Å²) in [5, 5.41) is 0. The van der Waals surface area contributed by atoms with Crippen LogP contribution in [0.15, 0.2) is 42.5 Å². The van der Waals surface area contributed by atoms with E-state index in [0.717, 1.165) is 6.07 Å². The van der Waals surface area contributed by atoms with E-state index in [9.17, 15) is 18.0 Å². The molecular weight excluding hydrogens is 317 g/mol. The SMILES string of the molecule is O=C(c1cccc(F)c1)N1CCN(Cc2cccc(F)c2F)CC1. The monoisotopic (exact) mass is 334 g/mol. The van der Waals surface area contributed by atoms with E-state index in [4.69, 9.17) is 0 Å². The van der Waals surface area contributed by atoms with Crippen LogP contribution in [0.25, 0.3) is 0 Å². The van der Waals surface area contributed by atoms with E-state index in [1.165, 1.54) is 24.3 Å². The molecule has 0 aliphatic carbocycles. The predicted molar refractivity (Wildman–Crippen MR) is 83.9 cm³/mol. The van der Waals surface area contributed by atoms with Gasteiger partial charge in [-0.05, 0) is 24.3 Å². The molecule has 1 amide bonds. The molecule has 1 heterocycles. The highest BCUT2D eigenvalue weighted by atomic mass is 19.2. The Hall–Kier alpha value is -2.34. The van der Waals surface area contributed by atoms with Crippen LogP contribution in [0.5, 0.6) is 0 Å². The summed E-state index contributed by atoms with van der Waals surface area (Å²) in [5.41, 5.74) is 0.625. The van der Waals surface area contributed by atoms with Gasteiger partial charge in [-0.2, -0.15) is 0 Å². The van der Waals surface area contributed by atoms with Crippen LogP contribution < -0.4 is 0 Å². The molecule has 126 valence electrons. The van der Waals surface area contributed by atoms with Crippen molar-refractivity contribution in [1.29, 1.82) is 0 Å². The van der Waals surface area contributed by atoms with Crippen LogP contribution in [-0.2, 0) is 6.54 Å². The van der Waals surface area contributed by atoms with E-state index >= 15 is 0 Å². The summed E-state index contributed by atoms with van der Waals surface area (Å²) in [6.45, 7) is 2.33. The second kappa shape index (κ2) is 7.05. The number of benzene rings is 2. The summed E-state index contributed by atoms with van der Waals surface area (Å²) in [6, 6.07) is 9.74. The largest absolute Gasteiger partial charge is 0.336 e. The number of hydrogen-bond acceptors (Lipinski definition) is 2. The predicted octanol–water partition coefficient (Wildman–Crippen LogP) is 3.06. The Kier molecular flexibility index (Phi) is 4.85. The standard InChI is InChI=1S/C18H17F3N2O/c19-15-5-1-3-13(11-15)18(24)23-9-7-22(8-10-23)12-14-4-2-6-16(20)17(14)21/h1-6,11H,7-10,12H2. The Morgan fingerprint density at radius 1 is 0.958 bits per heavy atom. The minimum Gasteiger partial charge on any atom is -0.336 e. The highest BCUT2D eigenvalue weighted by Crippen LogP contribution is 2.16. The normalized spacial score (nSPS) is 15.5. The molecule has 24 heavy (non-hydrogen) atoms. The molecule has 6 heteroatoms. The molecule has 1 saturated heterocycles. The summed E-state index contributed by atoms with van der Waals surface area (Å²) in [6.07, 6.45) is 0. The average Bonchev–Trinajstić information content (AvgIpc) is 2.59. The lowest BCUT2D eigenvalue weighted by Gasteiger charge is -2.34. The Balaban J connectivity index is 1.59. The van der Waals surface area contributed by atoms with Crippen LogP contribution in [0.2, 0.25) is 0 Å². The second-order valence-corrected chi connectivity index (χ2v) is 5.79. The maximum atomic E-state index is 13.7. The molecule has 1 aliphatic heterocycles. The topological polar surface area (TPSA) is 23.6 Å². The summed E-state index contributed by atoms with van der Waals surface area (Å²) in [4.78, 5) is 16.0. The van der Waals surface area contributed by atoms with Crippen molar-refractivity contribution in [3.63, 3.8) is 0 Å². The van der Waals surface area contributed by atoms with Gasteiger partial charge in [0.25, 0.3) is 5.91 Å². The van der Waals surface area contributed by atoms with Gasteiger partial charge in [-0.1, -0.05) is 18.2 Å². The van der Waals surface area contributed by atoms with Gasteiger partial charge in [0, 0.05) is 43.9 Å². The van der Waals surface area contributed by atoms with E-state index in [2.05, 4.69) is 0 Å². The Labute approximate surface area is 138 Å². The third-order valence-corrected chi connectivity index (χ3v) is 4.16. The van der Waals surface area contributed by atoms with Gasteiger partial charge in [0.1, 0.15) is 5.82 Å². The lowest BCUT2D eigenvalue weighted by atomic mass is 10.1. The van der Waals surface area contributed by atoms with Gasteiger partial charge in [0.15, 0.2) is 11.6 Å². The van der Waals surface area contributed by atoms with E-state index in [1.807, 2.05) is 4.90 Å². The number of halogens is 3. The molecule has 0 N–H and O–H groups in total. The Morgan fingerprint density at radius 2 is 1.67 bits per heavy atom. The van der Waals surface area contributed by atoms with Crippen LogP contribution in [0.1, 0.15) is 15.9 Å². The van der Waals surface area contributed by atoms with Gasteiger partial charge in [0.05, 0.1) is 0 Å². The molecule has 2 aromatic rings. The number of hydrogen-bond donors (Lipinski definition) is 0. The number of nitrogens with zero attached hydrogens (tertiary/aromatic N) is 2. The van der Waals surface area contributed by atoms with Gasteiger partial charge in [-0.25, -0.2) is 13.2 Å². The van der Waals surface area contributed by atoms with Gasteiger partial charge in [0.2, 0.25) is 0 Å². The van der Waals surface area contributed by atoms with E-state index in [1.54, 1.807) is 17.0 Å². The zero-order valence-electron chi connectivity index (χ0n) is 13.0. The molecule has 3 rings (SSSR count). The molecule has 0 bridgehead atoms. The van der Waals surface area contributed by atoms with Crippen LogP contribution in [0.4, 0.5) is 13.2 Å². The van der Waals surface area contributed by atoms with Gasteiger partial charge >= 0.3 is 0 Å². The Bertz CT molecular complexity index is 743. The molecule has 1 fully saturated rings. The molecule has 0 radical (unpaired) electrons. The first-order chi connectivity index (χ1) is 11.5. The van der Waals surface area contributed by atoms with Crippen LogP contribution in [0, 0.1) is 17.5 Å². The van der Waals surface area contributed by atoms with Crippen molar-refractivity contribution < 1.29 is 18.0 Å². The molecule has 3 nitrogen and oxygen atoms in total. The number of rotatable bonds is 3. The van der Waals surface area contributed by atoms with Crippen LogP contribution in [0.3, 0.4) is 0 Å². The maximum absolute atomic E-state index is 13.7. The zero-order valence-corrected chi connectivity index (χ0v) is 13.0. The lowest BCUT2D eigenvalue weighted by molar-refractivity contribution is 0.0626. The van der Waals surface area contributed by atoms with Gasteiger partial charge < -0.3 is 4.90 Å². The number of amides is 1. The Morgan fingerprint density at radius 3 is 2.38 bits per heavy atom. The third kappa shape index (κ3) is 3.59.